The van der Waals surface area contributed by atoms with Gasteiger partial charge in [0.05, 0.1) is 11.2 Å². The summed E-state index contributed by atoms with van der Waals surface area (Å²) in [5.74, 6) is 0.657. The minimum Gasteiger partial charge on any atom is -0.252 e. The molecule has 18 heavy (non-hydrogen) atoms. The first-order valence-electron chi connectivity index (χ1n) is 5.92. The Morgan fingerprint density at radius 1 is 1.39 bits per heavy atom. The molecule has 0 aliphatic carbocycles. The summed E-state index contributed by atoms with van der Waals surface area (Å²) < 4.78 is 2.80. The van der Waals surface area contributed by atoms with Crippen LogP contribution in [-0.2, 0) is 6.54 Å². The quantitative estimate of drug-likeness (QED) is 0.832. The molecule has 0 unspecified atom stereocenters. The van der Waals surface area contributed by atoms with E-state index in [1.165, 1.54) is 0 Å². The first kappa shape index (κ1) is 13.6. The van der Waals surface area contributed by atoms with Gasteiger partial charge in [-0.1, -0.05) is 52.7 Å². The monoisotopic (exact) mass is 327 g/mol. The minimum atomic E-state index is 0.657. The molecule has 0 aliphatic heterocycles. The van der Waals surface area contributed by atoms with E-state index < -0.39 is 0 Å². The van der Waals surface area contributed by atoms with Gasteiger partial charge in [-0.15, -0.1) is 5.10 Å². The number of nitrogens with zero attached hydrogens (tertiary/aromatic N) is 3. The highest BCUT2D eigenvalue weighted by Crippen LogP contribution is 2.33. The molecule has 2 rings (SSSR count). The van der Waals surface area contributed by atoms with Gasteiger partial charge in [-0.05, 0) is 24.5 Å². The molecule has 96 valence electrons. The van der Waals surface area contributed by atoms with E-state index in [4.69, 9.17) is 11.6 Å². The molecule has 1 heterocycles. The van der Waals surface area contributed by atoms with E-state index in [0.29, 0.717) is 10.9 Å². The van der Waals surface area contributed by atoms with E-state index in [-0.39, 0.29) is 0 Å². The largest absolute Gasteiger partial charge is 0.252 e. The minimum absolute atomic E-state index is 0.657. The Bertz CT molecular complexity index is 517. The van der Waals surface area contributed by atoms with Gasteiger partial charge in [0.15, 0.2) is 0 Å². The molecule has 0 atom stereocenters. The van der Waals surface area contributed by atoms with Crippen molar-refractivity contribution in [2.45, 2.75) is 26.8 Å². The average Bonchev–Trinajstić information content (AvgIpc) is 2.75. The van der Waals surface area contributed by atoms with Crippen molar-refractivity contribution in [1.82, 2.24) is 15.0 Å². The van der Waals surface area contributed by atoms with Gasteiger partial charge < -0.3 is 0 Å². The maximum Gasteiger partial charge on any atom is 0.115 e. The highest BCUT2D eigenvalue weighted by molar-refractivity contribution is 9.10. The molecule has 1 aromatic heterocycles. The van der Waals surface area contributed by atoms with Crippen LogP contribution in [0.2, 0.25) is 5.02 Å². The Kier molecular flexibility index (Phi) is 4.40. The molecule has 1 aromatic carbocycles. The van der Waals surface area contributed by atoms with Crippen molar-refractivity contribution in [2.75, 3.05) is 0 Å². The van der Waals surface area contributed by atoms with Gasteiger partial charge in [0.25, 0.3) is 0 Å². The number of aromatic nitrogens is 3. The van der Waals surface area contributed by atoms with Crippen molar-refractivity contribution < 1.29 is 0 Å². The van der Waals surface area contributed by atoms with Crippen LogP contribution < -0.4 is 0 Å². The first-order valence-corrected chi connectivity index (χ1v) is 7.09. The molecule has 3 nitrogen and oxygen atoms in total. The van der Waals surface area contributed by atoms with Gasteiger partial charge in [-0.25, -0.2) is 0 Å². The van der Waals surface area contributed by atoms with Crippen LogP contribution >= 0.6 is 27.5 Å². The zero-order chi connectivity index (χ0) is 13.1. The second-order valence-corrected chi connectivity index (χ2v) is 5.91. The number of halogens is 2. The third-order valence-electron chi connectivity index (χ3n) is 2.69. The van der Waals surface area contributed by atoms with Crippen molar-refractivity contribution in [3.8, 4) is 11.3 Å². The van der Waals surface area contributed by atoms with Crippen LogP contribution in [0.3, 0.4) is 0 Å². The van der Waals surface area contributed by atoms with Crippen molar-refractivity contribution >= 4 is 27.5 Å². The Balaban J connectivity index is 2.24. The van der Waals surface area contributed by atoms with Gasteiger partial charge in [0, 0.05) is 16.6 Å². The molecule has 0 saturated heterocycles. The van der Waals surface area contributed by atoms with Crippen molar-refractivity contribution in [3.05, 3.63) is 33.9 Å². The average molecular weight is 329 g/mol. The van der Waals surface area contributed by atoms with E-state index in [9.17, 15) is 0 Å². The molecular weight excluding hydrogens is 314 g/mol. The van der Waals surface area contributed by atoms with Crippen LogP contribution in [0.4, 0.5) is 0 Å². The smallest absolute Gasteiger partial charge is 0.115 e. The van der Waals surface area contributed by atoms with Gasteiger partial charge in [0.1, 0.15) is 5.69 Å². The topological polar surface area (TPSA) is 30.7 Å². The summed E-state index contributed by atoms with van der Waals surface area (Å²) in [6.07, 6.45) is 3.03. The SMILES string of the molecule is CC(C)CCn1cc(-c2c(Cl)cccc2Br)nn1. The summed E-state index contributed by atoms with van der Waals surface area (Å²) in [5, 5.41) is 9.00. The van der Waals surface area contributed by atoms with Crippen molar-refractivity contribution in [3.63, 3.8) is 0 Å². The maximum absolute atomic E-state index is 6.19. The molecule has 0 spiro atoms. The molecule has 0 amide bonds. The number of benzene rings is 1. The number of aryl methyl sites for hydroxylation is 1. The van der Waals surface area contributed by atoms with Crippen LogP contribution in [-0.4, -0.2) is 15.0 Å². The van der Waals surface area contributed by atoms with Crippen molar-refractivity contribution in [2.24, 2.45) is 5.92 Å². The summed E-state index contributed by atoms with van der Waals surface area (Å²) in [7, 11) is 0. The Hall–Kier alpha value is -0.870. The summed E-state index contributed by atoms with van der Waals surface area (Å²) in [6, 6.07) is 5.71. The fourth-order valence-corrected chi connectivity index (χ4v) is 2.61. The molecule has 0 saturated carbocycles. The zero-order valence-electron chi connectivity index (χ0n) is 10.4. The summed E-state index contributed by atoms with van der Waals surface area (Å²) >= 11 is 9.69. The Morgan fingerprint density at radius 3 is 2.83 bits per heavy atom. The van der Waals surface area contributed by atoms with E-state index in [0.717, 1.165) is 28.7 Å². The normalized spacial score (nSPS) is 11.2. The second kappa shape index (κ2) is 5.85. The first-order chi connectivity index (χ1) is 8.58. The van der Waals surface area contributed by atoms with Gasteiger partial charge in [0.2, 0.25) is 0 Å². The van der Waals surface area contributed by atoms with E-state index in [1.807, 2.05) is 29.1 Å². The van der Waals surface area contributed by atoms with Crippen molar-refractivity contribution in [1.29, 1.82) is 0 Å². The van der Waals surface area contributed by atoms with Crippen LogP contribution in [0.1, 0.15) is 20.3 Å². The highest BCUT2D eigenvalue weighted by Gasteiger charge is 2.11. The third-order valence-corrected chi connectivity index (χ3v) is 3.67. The Morgan fingerprint density at radius 2 is 2.17 bits per heavy atom. The predicted molar refractivity (Wildman–Crippen MR) is 77.6 cm³/mol. The number of hydrogen-bond acceptors (Lipinski definition) is 2. The number of hydrogen-bond donors (Lipinski definition) is 0. The lowest BCUT2D eigenvalue weighted by Gasteiger charge is -2.04. The lowest BCUT2D eigenvalue weighted by molar-refractivity contribution is 0.478. The van der Waals surface area contributed by atoms with Gasteiger partial charge in [-0.3, -0.25) is 4.68 Å². The zero-order valence-corrected chi connectivity index (χ0v) is 12.7. The van der Waals surface area contributed by atoms with Crippen LogP contribution in [0.5, 0.6) is 0 Å². The predicted octanol–water partition coefficient (Wildman–Crippen LogP) is 4.41. The van der Waals surface area contributed by atoms with Gasteiger partial charge >= 0.3 is 0 Å². The third kappa shape index (κ3) is 3.12. The molecular formula is C13H15BrClN3. The lowest BCUT2D eigenvalue weighted by Crippen LogP contribution is -2.01. The molecule has 0 aliphatic rings. The molecule has 5 heteroatoms. The van der Waals surface area contributed by atoms with E-state index >= 15 is 0 Å². The Labute approximate surface area is 120 Å². The van der Waals surface area contributed by atoms with Crippen LogP contribution in [0.25, 0.3) is 11.3 Å². The van der Waals surface area contributed by atoms with Gasteiger partial charge in [-0.2, -0.15) is 0 Å². The summed E-state index contributed by atoms with van der Waals surface area (Å²) in [6.45, 7) is 5.28. The molecule has 0 N–H and O–H groups in total. The fraction of sp³-hybridized carbons (Fsp3) is 0.385. The molecule has 0 fully saturated rings. The summed E-state index contributed by atoms with van der Waals surface area (Å²) in [4.78, 5) is 0. The fourth-order valence-electron chi connectivity index (χ4n) is 1.66. The van der Waals surface area contributed by atoms with Crippen LogP contribution in [0, 0.1) is 5.92 Å². The van der Waals surface area contributed by atoms with E-state index in [2.05, 4.69) is 40.1 Å². The number of rotatable bonds is 4. The van der Waals surface area contributed by atoms with E-state index in [1.54, 1.807) is 0 Å². The van der Waals surface area contributed by atoms with Crippen LogP contribution in [0.15, 0.2) is 28.9 Å². The maximum atomic E-state index is 6.19. The highest BCUT2D eigenvalue weighted by atomic mass is 79.9. The molecule has 2 aromatic rings. The standard InChI is InChI=1S/C13H15BrClN3/c1-9(2)6-7-18-8-12(16-17-18)13-10(14)4-3-5-11(13)15/h3-5,8-9H,6-7H2,1-2H3. The molecule has 0 radical (unpaired) electrons. The summed E-state index contributed by atoms with van der Waals surface area (Å²) in [5.41, 5.74) is 1.70. The molecule has 0 bridgehead atoms. The lowest BCUT2D eigenvalue weighted by atomic mass is 10.1. The second-order valence-electron chi connectivity index (χ2n) is 4.65.